The van der Waals surface area contributed by atoms with E-state index in [9.17, 15) is 14.7 Å². The fraction of sp³-hybridized carbons (Fsp3) is 0.100. The van der Waals surface area contributed by atoms with Crippen molar-refractivity contribution in [1.82, 2.24) is 9.55 Å². The van der Waals surface area contributed by atoms with Crippen LogP contribution in [0, 0.1) is 0 Å². The highest BCUT2D eigenvalue weighted by molar-refractivity contribution is 9.10. The first-order valence-corrected chi connectivity index (χ1v) is 6.37. The molecule has 2 N–H and O–H groups in total. The Morgan fingerprint density at radius 2 is 2.22 bits per heavy atom. The van der Waals surface area contributed by atoms with Gasteiger partial charge in [-0.25, -0.2) is 9.78 Å². The predicted octanol–water partition coefficient (Wildman–Crippen LogP) is 1.68. The number of hydrogen-bond acceptors (Lipinski definition) is 5. The van der Waals surface area contributed by atoms with Crippen LogP contribution in [0.1, 0.15) is 10.5 Å². The Morgan fingerprint density at radius 3 is 2.72 bits per heavy atom. The standard InChI is InChI=1S/C10H7BrN2O4S/c1-13-8(7-4(11)2-3-18-7)12-5(10(16)17)6(14)9(13)15/h2-3,14H,1H3,(H,16,17). The number of halogens is 1. The highest BCUT2D eigenvalue weighted by Gasteiger charge is 2.21. The van der Waals surface area contributed by atoms with E-state index in [1.54, 1.807) is 11.4 Å². The van der Waals surface area contributed by atoms with Gasteiger partial charge in [0.1, 0.15) is 0 Å². The maximum Gasteiger partial charge on any atom is 0.358 e. The van der Waals surface area contributed by atoms with E-state index in [0.717, 1.165) is 4.57 Å². The van der Waals surface area contributed by atoms with Crippen LogP contribution in [0.5, 0.6) is 5.75 Å². The molecule has 0 saturated heterocycles. The molecular weight excluding hydrogens is 324 g/mol. The summed E-state index contributed by atoms with van der Waals surface area (Å²) in [6.07, 6.45) is 0. The average molecular weight is 331 g/mol. The van der Waals surface area contributed by atoms with Gasteiger partial charge in [0.05, 0.1) is 4.88 Å². The van der Waals surface area contributed by atoms with Crippen LogP contribution in [0.25, 0.3) is 10.7 Å². The number of carboxylic acids is 1. The van der Waals surface area contributed by atoms with Crippen molar-refractivity contribution >= 4 is 33.2 Å². The Kier molecular flexibility index (Phi) is 3.22. The minimum atomic E-state index is -1.45. The summed E-state index contributed by atoms with van der Waals surface area (Å²) in [5, 5.41) is 20.1. The van der Waals surface area contributed by atoms with Gasteiger partial charge in [0.2, 0.25) is 5.75 Å². The van der Waals surface area contributed by atoms with Crippen molar-refractivity contribution in [3.8, 4) is 16.5 Å². The largest absolute Gasteiger partial charge is 0.501 e. The monoisotopic (exact) mass is 330 g/mol. The first-order valence-electron chi connectivity index (χ1n) is 4.70. The van der Waals surface area contributed by atoms with E-state index in [1.807, 2.05) is 0 Å². The second-order valence-corrected chi connectivity index (χ2v) is 5.17. The number of carboxylic acid groups (broad SMARTS) is 1. The molecule has 6 nitrogen and oxygen atoms in total. The zero-order chi connectivity index (χ0) is 13.4. The van der Waals surface area contributed by atoms with Crippen LogP contribution in [0.2, 0.25) is 0 Å². The van der Waals surface area contributed by atoms with E-state index in [1.165, 1.54) is 18.4 Å². The summed E-state index contributed by atoms with van der Waals surface area (Å²) in [7, 11) is 1.42. The SMILES string of the molecule is Cn1c(-c2sccc2Br)nc(C(=O)O)c(O)c1=O. The van der Waals surface area contributed by atoms with Crippen molar-refractivity contribution in [2.75, 3.05) is 0 Å². The highest BCUT2D eigenvalue weighted by Crippen LogP contribution is 2.32. The van der Waals surface area contributed by atoms with Crippen LogP contribution in [0.3, 0.4) is 0 Å². The van der Waals surface area contributed by atoms with Gasteiger partial charge in [-0.05, 0) is 27.4 Å². The lowest BCUT2D eigenvalue weighted by atomic mass is 10.3. The normalized spacial score (nSPS) is 10.6. The summed E-state index contributed by atoms with van der Waals surface area (Å²) in [5.41, 5.74) is -1.44. The van der Waals surface area contributed by atoms with Gasteiger partial charge in [0.15, 0.2) is 11.5 Å². The van der Waals surface area contributed by atoms with Crippen molar-refractivity contribution in [3.63, 3.8) is 0 Å². The molecule has 0 aliphatic carbocycles. The second-order valence-electron chi connectivity index (χ2n) is 3.40. The minimum absolute atomic E-state index is 0.192. The number of aromatic hydroxyl groups is 1. The van der Waals surface area contributed by atoms with Crippen molar-refractivity contribution in [2.24, 2.45) is 7.05 Å². The maximum absolute atomic E-state index is 11.7. The zero-order valence-electron chi connectivity index (χ0n) is 9.05. The molecule has 0 unspecified atom stereocenters. The number of nitrogens with zero attached hydrogens (tertiary/aromatic N) is 2. The lowest BCUT2D eigenvalue weighted by Crippen LogP contribution is -2.22. The number of hydrogen-bond donors (Lipinski definition) is 2. The number of aromatic carboxylic acids is 1. The molecule has 0 aliphatic heterocycles. The molecule has 0 bridgehead atoms. The summed E-state index contributed by atoms with van der Waals surface area (Å²) in [4.78, 5) is 27.1. The van der Waals surface area contributed by atoms with E-state index < -0.39 is 23.0 Å². The van der Waals surface area contributed by atoms with E-state index in [4.69, 9.17) is 5.11 Å². The lowest BCUT2D eigenvalue weighted by Gasteiger charge is -2.08. The molecule has 0 aromatic carbocycles. The summed E-state index contributed by atoms with van der Waals surface area (Å²) < 4.78 is 1.82. The Hall–Kier alpha value is -1.67. The Bertz CT molecular complexity index is 692. The Balaban J connectivity index is 2.81. The summed E-state index contributed by atoms with van der Waals surface area (Å²) in [5.74, 6) is -2.11. The summed E-state index contributed by atoms with van der Waals surface area (Å²) in [6.45, 7) is 0. The van der Waals surface area contributed by atoms with Gasteiger partial charge in [-0.2, -0.15) is 0 Å². The molecule has 0 aliphatic rings. The first-order chi connectivity index (χ1) is 8.43. The smallest absolute Gasteiger partial charge is 0.358 e. The van der Waals surface area contributed by atoms with Crippen LogP contribution in [0.15, 0.2) is 20.7 Å². The number of carbonyl (C=O) groups is 1. The van der Waals surface area contributed by atoms with Gasteiger partial charge in [0, 0.05) is 11.5 Å². The first kappa shape index (κ1) is 12.8. The number of rotatable bonds is 2. The minimum Gasteiger partial charge on any atom is -0.501 e. The zero-order valence-corrected chi connectivity index (χ0v) is 11.4. The third-order valence-corrected chi connectivity index (χ3v) is 4.12. The van der Waals surface area contributed by atoms with Gasteiger partial charge >= 0.3 is 5.97 Å². The van der Waals surface area contributed by atoms with E-state index in [2.05, 4.69) is 20.9 Å². The number of aromatic nitrogens is 2. The molecule has 0 atom stereocenters. The topological polar surface area (TPSA) is 92.4 Å². The molecule has 0 saturated carbocycles. The van der Waals surface area contributed by atoms with E-state index >= 15 is 0 Å². The molecule has 2 heterocycles. The van der Waals surface area contributed by atoms with E-state index in [-0.39, 0.29) is 5.82 Å². The third kappa shape index (κ3) is 1.93. The van der Waals surface area contributed by atoms with E-state index in [0.29, 0.717) is 9.35 Å². The van der Waals surface area contributed by atoms with Crippen molar-refractivity contribution in [2.45, 2.75) is 0 Å². The summed E-state index contributed by atoms with van der Waals surface area (Å²) >= 11 is 4.60. The highest BCUT2D eigenvalue weighted by atomic mass is 79.9. The molecule has 0 amide bonds. The Labute approximate surface area is 113 Å². The van der Waals surface area contributed by atoms with Gasteiger partial charge in [-0.15, -0.1) is 11.3 Å². The van der Waals surface area contributed by atoms with Crippen molar-refractivity contribution in [3.05, 3.63) is 32.0 Å². The quantitative estimate of drug-likeness (QED) is 0.873. The molecule has 0 spiro atoms. The van der Waals surface area contributed by atoms with Crippen LogP contribution in [-0.2, 0) is 7.05 Å². The fourth-order valence-electron chi connectivity index (χ4n) is 1.40. The fourth-order valence-corrected chi connectivity index (χ4v) is 2.97. The average Bonchev–Trinajstić information content (AvgIpc) is 2.72. The van der Waals surface area contributed by atoms with Crippen LogP contribution < -0.4 is 5.56 Å². The van der Waals surface area contributed by atoms with Crippen LogP contribution in [-0.4, -0.2) is 25.7 Å². The van der Waals surface area contributed by atoms with Crippen molar-refractivity contribution < 1.29 is 15.0 Å². The van der Waals surface area contributed by atoms with Crippen molar-refractivity contribution in [1.29, 1.82) is 0 Å². The Morgan fingerprint density at radius 1 is 1.56 bits per heavy atom. The molecule has 0 fully saturated rings. The molecule has 18 heavy (non-hydrogen) atoms. The molecule has 2 aromatic heterocycles. The number of thiophene rings is 1. The lowest BCUT2D eigenvalue weighted by molar-refractivity contribution is 0.0686. The van der Waals surface area contributed by atoms with Gasteiger partial charge in [0.25, 0.3) is 5.56 Å². The second kappa shape index (κ2) is 4.54. The molecule has 94 valence electrons. The molecular formula is C10H7BrN2O4S. The van der Waals surface area contributed by atoms with Gasteiger partial charge in [-0.1, -0.05) is 0 Å². The van der Waals surface area contributed by atoms with Crippen LogP contribution >= 0.6 is 27.3 Å². The third-order valence-electron chi connectivity index (χ3n) is 2.29. The molecule has 0 radical (unpaired) electrons. The predicted molar refractivity (Wildman–Crippen MR) is 69.1 cm³/mol. The molecule has 8 heteroatoms. The molecule has 2 aromatic rings. The van der Waals surface area contributed by atoms with Gasteiger partial charge < -0.3 is 10.2 Å². The van der Waals surface area contributed by atoms with Crippen LogP contribution in [0.4, 0.5) is 0 Å². The maximum atomic E-state index is 11.7. The summed E-state index contributed by atoms with van der Waals surface area (Å²) in [6, 6.07) is 1.76. The molecule has 2 rings (SSSR count). The van der Waals surface area contributed by atoms with Gasteiger partial charge in [-0.3, -0.25) is 9.36 Å².